The van der Waals surface area contributed by atoms with Gasteiger partial charge in [-0.15, -0.1) is 0 Å². The van der Waals surface area contributed by atoms with Gasteiger partial charge in [-0.3, -0.25) is 0 Å². The van der Waals surface area contributed by atoms with E-state index < -0.39 is 17.6 Å². The highest BCUT2D eigenvalue weighted by Crippen LogP contribution is 2.65. The fourth-order valence-electron chi connectivity index (χ4n) is 5.66. The van der Waals surface area contributed by atoms with Gasteiger partial charge in [0.25, 0.3) is 6.08 Å². The van der Waals surface area contributed by atoms with Crippen LogP contribution in [-0.4, -0.2) is 18.3 Å². The van der Waals surface area contributed by atoms with E-state index in [9.17, 15) is 13.9 Å². The van der Waals surface area contributed by atoms with Crippen molar-refractivity contribution in [2.45, 2.75) is 45.1 Å². The molecule has 0 bridgehead atoms. The Bertz CT molecular complexity index is 765. The molecule has 3 aliphatic rings. The summed E-state index contributed by atoms with van der Waals surface area (Å²) in [7, 11) is 1.64. The van der Waals surface area contributed by atoms with Gasteiger partial charge in [0, 0.05) is 10.8 Å². The molecule has 1 unspecified atom stereocenters. The van der Waals surface area contributed by atoms with Crippen LogP contribution in [0.3, 0.4) is 0 Å². The molecule has 0 aliphatic heterocycles. The summed E-state index contributed by atoms with van der Waals surface area (Å²) < 4.78 is 32.3. The number of rotatable bonds is 2. The van der Waals surface area contributed by atoms with Gasteiger partial charge in [0.2, 0.25) is 0 Å². The van der Waals surface area contributed by atoms with E-state index in [0.717, 1.165) is 41.7 Å². The van der Waals surface area contributed by atoms with Gasteiger partial charge in [0.1, 0.15) is 5.75 Å². The Balaban J connectivity index is 1.91. The summed E-state index contributed by atoms with van der Waals surface area (Å²) in [6.45, 7) is 2.07. The average Bonchev–Trinajstić information content (AvgIpc) is 2.89. The van der Waals surface area contributed by atoms with E-state index in [1.54, 1.807) is 7.11 Å². The first-order valence-corrected chi connectivity index (χ1v) is 9.00. The third-order valence-corrected chi connectivity index (χ3v) is 6.93. The zero-order chi connectivity index (χ0) is 17.8. The molecule has 0 radical (unpaired) electrons. The monoisotopic (exact) mass is 346 g/mol. The highest BCUT2D eigenvalue weighted by atomic mass is 19.3. The highest BCUT2D eigenvalue weighted by molar-refractivity contribution is 5.78. The lowest BCUT2D eigenvalue weighted by atomic mass is 9.51. The van der Waals surface area contributed by atoms with E-state index in [0.29, 0.717) is 12.8 Å². The highest BCUT2D eigenvalue weighted by Gasteiger charge is 2.58. The van der Waals surface area contributed by atoms with Crippen LogP contribution in [0.4, 0.5) is 8.78 Å². The maximum absolute atomic E-state index is 13.5. The standard InChI is InChI=1S/C21H24F2O2/c1-20-9-8-16-15-4-3-14(25-2)11-13(15)7-10-21(16,12-19(22)23)17(20)5-6-18(20)24/h3-4,8,11-12,17-18,24H,5-7,9-10H2,1-2H3/t17-,18+,20+,21?/m1/s1. The molecule has 4 heteroatoms. The van der Waals surface area contributed by atoms with Crippen molar-refractivity contribution in [3.8, 4) is 5.75 Å². The maximum Gasteiger partial charge on any atom is 0.267 e. The molecular formula is C21H24F2O2. The molecule has 1 fully saturated rings. The van der Waals surface area contributed by atoms with E-state index in [1.165, 1.54) is 6.08 Å². The molecule has 0 amide bonds. The summed E-state index contributed by atoms with van der Waals surface area (Å²) in [6, 6.07) is 5.93. The molecule has 0 heterocycles. The number of aryl methyl sites for hydroxylation is 1. The van der Waals surface area contributed by atoms with Crippen LogP contribution in [0, 0.1) is 16.7 Å². The summed E-state index contributed by atoms with van der Waals surface area (Å²) in [5.74, 6) is 0.850. The Hall–Kier alpha value is -1.68. The second-order valence-corrected chi connectivity index (χ2v) is 7.97. The average molecular weight is 346 g/mol. The smallest absolute Gasteiger partial charge is 0.267 e. The third kappa shape index (κ3) is 2.30. The van der Waals surface area contributed by atoms with Crippen molar-refractivity contribution in [2.24, 2.45) is 16.7 Å². The van der Waals surface area contributed by atoms with Crippen molar-refractivity contribution in [3.05, 3.63) is 47.6 Å². The topological polar surface area (TPSA) is 29.5 Å². The summed E-state index contributed by atoms with van der Waals surface area (Å²) in [4.78, 5) is 0. The Morgan fingerprint density at radius 1 is 1.32 bits per heavy atom. The zero-order valence-electron chi connectivity index (χ0n) is 14.7. The summed E-state index contributed by atoms with van der Waals surface area (Å²) in [5, 5.41) is 10.5. The van der Waals surface area contributed by atoms with Crippen molar-refractivity contribution in [1.29, 1.82) is 0 Å². The van der Waals surface area contributed by atoms with Crippen LogP contribution in [0.25, 0.3) is 5.57 Å². The lowest BCUT2D eigenvalue weighted by Crippen LogP contribution is -2.46. The first-order chi connectivity index (χ1) is 11.9. The summed E-state index contributed by atoms with van der Waals surface area (Å²) in [6.07, 6.45) is 4.89. The number of aliphatic hydroxyl groups is 1. The van der Waals surface area contributed by atoms with Gasteiger partial charge >= 0.3 is 0 Å². The summed E-state index contributed by atoms with van der Waals surface area (Å²) >= 11 is 0. The summed E-state index contributed by atoms with van der Waals surface area (Å²) in [5.41, 5.74) is 2.24. The lowest BCUT2D eigenvalue weighted by molar-refractivity contribution is 0.00888. The second-order valence-electron chi connectivity index (χ2n) is 7.97. The molecule has 0 aromatic heterocycles. The van der Waals surface area contributed by atoms with E-state index in [-0.39, 0.29) is 11.3 Å². The molecule has 3 aliphatic carbocycles. The maximum atomic E-state index is 13.5. The fraction of sp³-hybridized carbons (Fsp3) is 0.524. The number of allylic oxidation sites excluding steroid dienone is 3. The fourth-order valence-corrected chi connectivity index (χ4v) is 5.66. The van der Waals surface area contributed by atoms with E-state index in [1.807, 2.05) is 18.2 Å². The molecule has 0 spiro atoms. The van der Waals surface area contributed by atoms with Gasteiger partial charge in [0.15, 0.2) is 0 Å². The molecule has 0 saturated heterocycles. The van der Waals surface area contributed by atoms with Gasteiger partial charge in [-0.1, -0.05) is 19.1 Å². The molecule has 2 nitrogen and oxygen atoms in total. The number of halogens is 2. The first-order valence-electron chi connectivity index (χ1n) is 9.00. The SMILES string of the molecule is COc1ccc2c(c1)CCC1(C=C(F)F)C2=CC[C@]2(C)[C@@H](O)CC[C@@H]12. The molecule has 1 saturated carbocycles. The predicted octanol–water partition coefficient (Wildman–Crippen LogP) is 4.97. The number of hydrogen-bond donors (Lipinski definition) is 1. The minimum absolute atomic E-state index is 0.0479. The van der Waals surface area contributed by atoms with Crippen LogP contribution in [0.1, 0.15) is 43.7 Å². The number of hydrogen-bond acceptors (Lipinski definition) is 2. The number of aliphatic hydroxyl groups excluding tert-OH is 1. The molecule has 1 N–H and O–H groups in total. The lowest BCUT2D eigenvalue weighted by Gasteiger charge is -2.52. The Morgan fingerprint density at radius 2 is 2.12 bits per heavy atom. The van der Waals surface area contributed by atoms with Crippen LogP contribution >= 0.6 is 0 Å². The molecule has 1 aromatic carbocycles. The van der Waals surface area contributed by atoms with Crippen molar-refractivity contribution in [2.75, 3.05) is 7.11 Å². The molecular weight excluding hydrogens is 322 g/mol. The number of ether oxygens (including phenoxy) is 1. The van der Waals surface area contributed by atoms with Crippen molar-refractivity contribution in [3.63, 3.8) is 0 Å². The van der Waals surface area contributed by atoms with Crippen LogP contribution in [0.15, 0.2) is 36.4 Å². The van der Waals surface area contributed by atoms with Gasteiger partial charge in [-0.25, -0.2) is 0 Å². The van der Waals surface area contributed by atoms with Gasteiger partial charge in [-0.2, -0.15) is 8.78 Å². The molecule has 4 rings (SSSR count). The minimum atomic E-state index is -1.62. The zero-order valence-corrected chi connectivity index (χ0v) is 14.7. The number of benzene rings is 1. The van der Waals surface area contributed by atoms with E-state index in [4.69, 9.17) is 4.74 Å². The predicted molar refractivity (Wildman–Crippen MR) is 93.5 cm³/mol. The van der Waals surface area contributed by atoms with E-state index in [2.05, 4.69) is 13.0 Å². The van der Waals surface area contributed by atoms with Crippen molar-refractivity contribution >= 4 is 5.57 Å². The quantitative estimate of drug-likeness (QED) is 0.819. The number of fused-ring (bicyclic) bond motifs is 5. The first kappa shape index (κ1) is 16.8. The van der Waals surface area contributed by atoms with Crippen LogP contribution in [0.2, 0.25) is 0 Å². The minimum Gasteiger partial charge on any atom is -0.497 e. The van der Waals surface area contributed by atoms with Crippen LogP contribution in [-0.2, 0) is 6.42 Å². The van der Waals surface area contributed by atoms with Gasteiger partial charge in [0.05, 0.1) is 13.2 Å². The van der Waals surface area contributed by atoms with Crippen molar-refractivity contribution < 1.29 is 18.6 Å². The Morgan fingerprint density at radius 3 is 2.84 bits per heavy atom. The second kappa shape index (κ2) is 5.66. The van der Waals surface area contributed by atoms with Gasteiger partial charge in [-0.05, 0) is 72.9 Å². The van der Waals surface area contributed by atoms with Crippen LogP contribution < -0.4 is 4.74 Å². The molecule has 134 valence electrons. The largest absolute Gasteiger partial charge is 0.497 e. The normalized spacial score (nSPS) is 36.0. The molecule has 25 heavy (non-hydrogen) atoms. The Kier molecular flexibility index (Phi) is 3.80. The van der Waals surface area contributed by atoms with Crippen LogP contribution in [0.5, 0.6) is 5.75 Å². The molecule has 4 atom stereocenters. The third-order valence-electron chi connectivity index (χ3n) is 6.93. The number of methoxy groups -OCH3 is 1. The molecule has 1 aromatic rings. The Labute approximate surface area is 147 Å². The van der Waals surface area contributed by atoms with E-state index >= 15 is 0 Å². The van der Waals surface area contributed by atoms with Gasteiger partial charge < -0.3 is 9.84 Å². The van der Waals surface area contributed by atoms with Crippen molar-refractivity contribution in [1.82, 2.24) is 0 Å².